The summed E-state index contributed by atoms with van der Waals surface area (Å²) in [6.45, 7) is 11.3. The quantitative estimate of drug-likeness (QED) is 0.372. The third-order valence-electron chi connectivity index (χ3n) is 6.76. The van der Waals surface area contributed by atoms with E-state index in [-0.39, 0.29) is 23.3 Å². The monoisotopic (exact) mass is 563 g/mol. The van der Waals surface area contributed by atoms with Crippen LogP contribution in [0.15, 0.2) is 54.9 Å². The van der Waals surface area contributed by atoms with Gasteiger partial charge < -0.3 is 15.5 Å². The number of anilines is 2. The fourth-order valence-electron chi connectivity index (χ4n) is 4.55. The number of piperazine rings is 1. The Hall–Kier alpha value is -3.87. The molecule has 1 fully saturated rings. The first-order chi connectivity index (χ1) is 19.3. The van der Waals surface area contributed by atoms with Crippen LogP contribution in [0.25, 0.3) is 0 Å². The van der Waals surface area contributed by atoms with Gasteiger partial charge in [-0.1, -0.05) is 24.0 Å². The maximum absolute atomic E-state index is 14.0. The third kappa shape index (κ3) is 8.56. The molecule has 0 spiro atoms. The smallest absolute Gasteiger partial charge is 0.379 e. The first-order valence-electron chi connectivity index (χ1n) is 13.6. The van der Waals surface area contributed by atoms with Crippen molar-refractivity contribution in [3.05, 3.63) is 88.2 Å². The Morgan fingerprint density at radius 3 is 2.37 bits per heavy atom. The van der Waals surface area contributed by atoms with Gasteiger partial charge in [0.2, 0.25) is 0 Å². The summed E-state index contributed by atoms with van der Waals surface area (Å²) in [6, 6.07) is 11.0. The van der Waals surface area contributed by atoms with E-state index in [1.54, 1.807) is 30.6 Å². The zero-order chi connectivity index (χ0) is 29.8. The molecule has 0 atom stereocenters. The molecule has 6 nitrogen and oxygen atoms in total. The third-order valence-corrected chi connectivity index (χ3v) is 6.76. The number of alkyl halides is 3. The second-order valence-corrected chi connectivity index (χ2v) is 11.5. The Labute approximate surface area is 240 Å². The van der Waals surface area contributed by atoms with Crippen LogP contribution in [0.5, 0.6) is 0 Å². The van der Waals surface area contributed by atoms with E-state index in [9.17, 15) is 18.0 Å². The van der Waals surface area contributed by atoms with Crippen molar-refractivity contribution in [3.8, 4) is 11.8 Å². The Kier molecular flexibility index (Phi) is 9.05. The molecule has 0 bridgehead atoms. The topological polar surface area (TPSA) is 60.5 Å². The molecule has 0 unspecified atom stereocenters. The van der Waals surface area contributed by atoms with Gasteiger partial charge in [0.1, 0.15) is 0 Å². The van der Waals surface area contributed by atoms with Crippen molar-refractivity contribution in [2.24, 2.45) is 0 Å². The molecule has 1 aromatic heterocycles. The van der Waals surface area contributed by atoms with Gasteiger partial charge in [-0.2, -0.15) is 13.2 Å². The molecular formula is C32H36F3N5O. The Morgan fingerprint density at radius 1 is 0.951 bits per heavy atom. The Bertz CT molecular complexity index is 1460. The number of hydrogen-bond acceptors (Lipinski definition) is 5. The summed E-state index contributed by atoms with van der Waals surface area (Å²) in [4.78, 5) is 21.5. The van der Waals surface area contributed by atoms with Gasteiger partial charge in [-0.3, -0.25) is 14.7 Å². The Balaban J connectivity index is 1.51. The summed E-state index contributed by atoms with van der Waals surface area (Å²) >= 11 is 0. The van der Waals surface area contributed by atoms with E-state index in [0.717, 1.165) is 30.4 Å². The predicted octanol–water partition coefficient (Wildman–Crippen LogP) is 6.02. The molecule has 1 saturated heterocycles. The van der Waals surface area contributed by atoms with Crippen molar-refractivity contribution in [2.45, 2.75) is 46.0 Å². The minimum absolute atomic E-state index is 0.0897. The average molecular weight is 564 g/mol. The number of halogens is 3. The number of nitrogens with one attached hydrogen (secondary N) is 2. The molecular weight excluding hydrogens is 527 g/mol. The first-order valence-corrected chi connectivity index (χ1v) is 13.6. The van der Waals surface area contributed by atoms with Gasteiger partial charge in [-0.05, 0) is 76.2 Å². The highest BCUT2D eigenvalue weighted by molar-refractivity contribution is 6.04. The van der Waals surface area contributed by atoms with Crippen LogP contribution in [0, 0.1) is 18.8 Å². The Morgan fingerprint density at radius 2 is 1.68 bits per heavy atom. The maximum Gasteiger partial charge on any atom is 0.416 e. The van der Waals surface area contributed by atoms with Gasteiger partial charge in [0.15, 0.2) is 0 Å². The van der Waals surface area contributed by atoms with Gasteiger partial charge in [-0.25, -0.2) is 0 Å². The lowest BCUT2D eigenvalue weighted by molar-refractivity contribution is -0.138. The van der Waals surface area contributed by atoms with Crippen molar-refractivity contribution in [1.82, 2.24) is 14.8 Å². The zero-order valence-corrected chi connectivity index (χ0v) is 24.1. The predicted molar refractivity (Wildman–Crippen MR) is 157 cm³/mol. The molecule has 4 rings (SSSR count). The number of nitrogens with zero attached hydrogens (tertiary/aromatic N) is 3. The molecule has 41 heavy (non-hydrogen) atoms. The summed E-state index contributed by atoms with van der Waals surface area (Å²) in [5.74, 6) is 5.69. The van der Waals surface area contributed by atoms with Crippen LogP contribution in [0.4, 0.5) is 24.5 Å². The van der Waals surface area contributed by atoms with Crippen LogP contribution in [-0.2, 0) is 12.7 Å². The highest BCUT2D eigenvalue weighted by Crippen LogP contribution is 2.34. The second kappa shape index (κ2) is 12.3. The number of hydrogen-bond donors (Lipinski definition) is 2. The number of likely N-dealkylation sites (N-methyl/N-ethyl adjacent to an activating group) is 1. The van der Waals surface area contributed by atoms with E-state index in [4.69, 9.17) is 0 Å². The summed E-state index contributed by atoms with van der Waals surface area (Å²) in [6.07, 6.45) is -1.14. The lowest BCUT2D eigenvalue weighted by Crippen LogP contribution is -2.44. The fourth-order valence-corrected chi connectivity index (χ4v) is 4.55. The summed E-state index contributed by atoms with van der Waals surface area (Å²) in [7, 11) is 2.00. The lowest BCUT2D eigenvalue weighted by Gasteiger charge is -2.33. The van der Waals surface area contributed by atoms with Crippen molar-refractivity contribution in [2.75, 3.05) is 43.9 Å². The first kappa shape index (κ1) is 30.1. The summed E-state index contributed by atoms with van der Waals surface area (Å²) in [5, 5.41) is 5.99. The van der Waals surface area contributed by atoms with Crippen LogP contribution in [-0.4, -0.2) is 59.5 Å². The van der Waals surface area contributed by atoms with Gasteiger partial charge in [-0.15, -0.1) is 0 Å². The number of carbonyl (C=O) groups excluding carboxylic acids is 1. The molecule has 2 aromatic carbocycles. The molecule has 0 aliphatic carbocycles. The molecule has 9 heteroatoms. The number of carbonyl (C=O) groups is 1. The number of amides is 1. The van der Waals surface area contributed by atoms with E-state index in [0.29, 0.717) is 29.8 Å². The molecule has 0 saturated carbocycles. The normalized spacial score (nSPS) is 14.7. The molecule has 2 heterocycles. The van der Waals surface area contributed by atoms with Gasteiger partial charge >= 0.3 is 6.18 Å². The van der Waals surface area contributed by atoms with Crippen molar-refractivity contribution in [3.63, 3.8) is 0 Å². The molecule has 216 valence electrons. The highest BCUT2D eigenvalue weighted by atomic mass is 19.4. The van der Waals surface area contributed by atoms with Gasteiger partial charge in [0.05, 0.1) is 17.4 Å². The second-order valence-electron chi connectivity index (χ2n) is 11.5. The van der Waals surface area contributed by atoms with Crippen molar-refractivity contribution in [1.29, 1.82) is 0 Å². The fraction of sp³-hybridized carbons (Fsp3) is 0.375. The van der Waals surface area contributed by atoms with Crippen LogP contribution < -0.4 is 10.6 Å². The summed E-state index contributed by atoms with van der Waals surface area (Å²) < 4.78 is 41.9. The number of aromatic nitrogens is 1. The standard InChI is InChI=1S/C32H36F3N5O/c1-22-6-8-25(17-24(22)9-7-23-16-28(20-36-19-23)38-31(2,3)4)30(41)37-27-11-10-26(29(18-27)32(33,34)35)21-40-14-12-39(5)13-15-40/h6,8,10-11,16-20,38H,12-15,21H2,1-5H3,(H,37,41). The zero-order valence-electron chi connectivity index (χ0n) is 24.1. The molecule has 1 aliphatic rings. The maximum atomic E-state index is 14.0. The van der Waals surface area contributed by atoms with E-state index in [2.05, 4.69) is 53.1 Å². The van der Waals surface area contributed by atoms with Crippen LogP contribution in [0.1, 0.15) is 58.9 Å². The number of benzene rings is 2. The van der Waals surface area contributed by atoms with Crippen molar-refractivity contribution >= 4 is 17.3 Å². The number of aryl methyl sites for hydroxylation is 1. The molecule has 1 aliphatic heterocycles. The summed E-state index contributed by atoms with van der Waals surface area (Å²) in [5.41, 5.74) is 2.81. The van der Waals surface area contributed by atoms with E-state index < -0.39 is 17.6 Å². The minimum atomic E-state index is -4.54. The molecule has 3 aromatic rings. The van der Waals surface area contributed by atoms with Crippen molar-refractivity contribution < 1.29 is 18.0 Å². The number of rotatable bonds is 5. The average Bonchev–Trinajstić information content (AvgIpc) is 2.89. The van der Waals surface area contributed by atoms with E-state index in [1.165, 1.54) is 12.1 Å². The largest absolute Gasteiger partial charge is 0.416 e. The minimum Gasteiger partial charge on any atom is -0.379 e. The van der Waals surface area contributed by atoms with Gasteiger partial charge in [0.25, 0.3) is 5.91 Å². The lowest BCUT2D eigenvalue weighted by atomic mass is 10.0. The van der Waals surface area contributed by atoms with E-state index >= 15 is 0 Å². The molecule has 2 N–H and O–H groups in total. The van der Waals surface area contributed by atoms with Crippen LogP contribution >= 0.6 is 0 Å². The van der Waals surface area contributed by atoms with Gasteiger partial charge in [0, 0.05) is 66.8 Å². The number of pyridine rings is 1. The van der Waals surface area contributed by atoms with Crippen LogP contribution in [0.3, 0.4) is 0 Å². The van der Waals surface area contributed by atoms with Crippen LogP contribution in [0.2, 0.25) is 0 Å². The SMILES string of the molecule is Cc1ccc(C(=O)Nc2ccc(CN3CCN(C)CC3)c(C(F)(F)F)c2)cc1C#Cc1cncc(NC(C)(C)C)c1. The highest BCUT2D eigenvalue weighted by Gasteiger charge is 2.34. The molecule has 1 amide bonds. The molecule has 0 radical (unpaired) electrons. The van der Waals surface area contributed by atoms with E-state index in [1.807, 2.05) is 24.9 Å².